The molecule has 8 heteroatoms. The molecule has 1 atom stereocenters. The number of halogens is 1. The molecule has 3 aromatic rings. The van der Waals surface area contributed by atoms with E-state index in [-0.39, 0.29) is 17.0 Å². The predicted octanol–water partition coefficient (Wildman–Crippen LogP) is 6.75. The summed E-state index contributed by atoms with van der Waals surface area (Å²) in [4.78, 5) is 23.3. The molecular weight excluding hydrogens is 481 g/mol. The van der Waals surface area contributed by atoms with Crippen LogP contribution < -0.4 is 19.5 Å². The number of carbonyl (C=O) groups is 2. The second kappa shape index (κ2) is 11.9. The van der Waals surface area contributed by atoms with E-state index >= 15 is 0 Å². The molecule has 0 radical (unpaired) electrons. The zero-order valence-electron chi connectivity index (χ0n) is 20.2. The number of ether oxygens (including phenoxy) is 3. The highest BCUT2D eigenvalue weighted by atomic mass is 32.2. The molecule has 0 bridgehead atoms. The second-order valence-corrected chi connectivity index (χ2v) is 9.51. The minimum atomic E-state index is -0.541. The first-order valence-corrected chi connectivity index (χ1v) is 12.7. The van der Waals surface area contributed by atoms with Gasteiger partial charge in [0.15, 0.2) is 0 Å². The summed E-state index contributed by atoms with van der Waals surface area (Å²) in [5, 5.41) is 1.43. The predicted molar refractivity (Wildman–Crippen MR) is 138 cm³/mol. The summed E-state index contributed by atoms with van der Waals surface area (Å²) < 4.78 is 31.3. The highest BCUT2D eigenvalue weighted by molar-refractivity contribution is 8.15. The van der Waals surface area contributed by atoms with Gasteiger partial charge in [0.2, 0.25) is 5.91 Å². The monoisotopic (exact) mass is 509 g/mol. The number of carbonyl (C=O) groups excluding carboxylic acids is 2. The van der Waals surface area contributed by atoms with Gasteiger partial charge in [-0.15, -0.1) is 0 Å². The number of hydrogen-bond donors (Lipinski definition) is 1. The van der Waals surface area contributed by atoms with Crippen LogP contribution in [0.25, 0.3) is 0 Å². The fraction of sp³-hybridized carbons (Fsp3) is 0.286. The van der Waals surface area contributed by atoms with Crippen molar-refractivity contribution >= 4 is 22.9 Å². The Morgan fingerprint density at radius 2 is 1.72 bits per heavy atom. The Kier molecular flexibility index (Phi) is 8.48. The quantitative estimate of drug-likeness (QED) is 0.288. The molecule has 0 aromatic heterocycles. The Labute approximate surface area is 214 Å². The van der Waals surface area contributed by atoms with Gasteiger partial charge in [-0.2, -0.15) is 0 Å². The van der Waals surface area contributed by atoms with Crippen LogP contribution >= 0.6 is 11.8 Å². The molecular formula is C28H28FNO5S. The normalized spacial score (nSPS) is 15.0. The Bertz CT molecular complexity index is 1250. The van der Waals surface area contributed by atoms with E-state index < -0.39 is 5.25 Å². The lowest BCUT2D eigenvalue weighted by atomic mass is 10.1. The van der Waals surface area contributed by atoms with Crippen molar-refractivity contribution in [1.29, 1.82) is 0 Å². The van der Waals surface area contributed by atoms with Crippen molar-refractivity contribution < 1.29 is 28.2 Å². The molecule has 36 heavy (non-hydrogen) atoms. The Balaban J connectivity index is 1.29. The van der Waals surface area contributed by atoms with Gasteiger partial charge in [0, 0.05) is 6.42 Å². The molecule has 0 unspecified atom stereocenters. The number of imide groups is 1. The molecule has 1 fully saturated rings. The van der Waals surface area contributed by atoms with Crippen molar-refractivity contribution in [2.24, 2.45) is 0 Å². The number of aryl methyl sites for hydroxylation is 2. The summed E-state index contributed by atoms with van der Waals surface area (Å²) in [6.07, 6.45) is 2.46. The standard InChI is InChI=1S/C28H28FNO5S/c1-3-6-19-16-23(35-22-9-11-24(29)18(2)15-22)10-12-25(19)34-14-5-13-33-21-8-4-7-20(17-21)26-27(31)30-28(32)36-26/h4,7-12,15-17,26H,3,5-6,13-14H2,1-2H3,(H,30,31,32)/t26-/m1/s1. The number of hydrogen-bond acceptors (Lipinski definition) is 6. The first-order chi connectivity index (χ1) is 17.4. The van der Waals surface area contributed by atoms with Crippen LogP contribution in [0.3, 0.4) is 0 Å². The fourth-order valence-corrected chi connectivity index (χ4v) is 4.64. The van der Waals surface area contributed by atoms with Gasteiger partial charge in [-0.25, -0.2) is 4.39 Å². The largest absolute Gasteiger partial charge is 0.493 e. The lowest BCUT2D eigenvalue weighted by Gasteiger charge is -2.14. The maximum Gasteiger partial charge on any atom is 0.286 e. The van der Waals surface area contributed by atoms with Crippen LogP contribution in [0.1, 0.15) is 41.7 Å². The lowest BCUT2D eigenvalue weighted by Crippen LogP contribution is -2.20. The highest BCUT2D eigenvalue weighted by Gasteiger charge is 2.33. The highest BCUT2D eigenvalue weighted by Crippen LogP contribution is 2.35. The van der Waals surface area contributed by atoms with Crippen LogP contribution in [0.2, 0.25) is 0 Å². The van der Waals surface area contributed by atoms with Crippen molar-refractivity contribution in [3.05, 3.63) is 83.2 Å². The van der Waals surface area contributed by atoms with E-state index in [4.69, 9.17) is 14.2 Å². The van der Waals surface area contributed by atoms with Crippen molar-refractivity contribution in [2.45, 2.75) is 38.4 Å². The molecule has 3 aromatic carbocycles. The van der Waals surface area contributed by atoms with Crippen LogP contribution in [-0.4, -0.2) is 24.4 Å². The van der Waals surface area contributed by atoms with Crippen LogP contribution in [0.5, 0.6) is 23.0 Å². The molecule has 4 rings (SSSR count). The third-order valence-electron chi connectivity index (χ3n) is 5.58. The topological polar surface area (TPSA) is 73.9 Å². The van der Waals surface area contributed by atoms with Crippen molar-refractivity contribution in [2.75, 3.05) is 13.2 Å². The van der Waals surface area contributed by atoms with E-state index in [1.54, 1.807) is 25.1 Å². The third kappa shape index (κ3) is 6.57. The molecule has 6 nitrogen and oxygen atoms in total. The van der Waals surface area contributed by atoms with Crippen molar-refractivity contribution in [3.8, 4) is 23.0 Å². The Morgan fingerprint density at radius 1 is 0.944 bits per heavy atom. The number of benzene rings is 3. The average molecular weight is 510 g/mol. The zero-order chi connectivity index (χ0) is 25.5. The van der Waals surface area contributed by atoms with Gasteiger partial charge >= 0.3 is 0 Å². The summed E-state index contributed by atoms with van der Waals surface area (Å²) in [5.41, 5.74) is 2.32. The SMILES string of the molecule is CCCc1cc(Oc2ccc(F)c(C)c2)ccc1OCCCOc1cccc([C@H]2SC(=O)NC2=O)c1. The molecule has 1 heterocycles. The maximum absolute atomic E-state index is 13.5. The molecule has 1 saturated heterocycles. The van der Waals surface area contributed by atoms with Crippen LogP contribution in [-0.2, 0) is 11.2 Å². The number of nitrogens with one attached hydrogen (secondary N) is 1. The van der Waals surface area contributed by atoms with E-state index in [0.29, 0.717) is 42.4 Å². The van der Waals surface area contributed by atoms with Crippen LogP contribution in [0.4, 0.5) is 9.18 Å². The summed E-state index contributed by atoms with van der Waals surface area (Å²) in [6.45, 7) is 4.73. The zero-order valence-corrected chi connectivity index (χ0v) is 21.0. The summed E-state index contributed by atoms with van der Waals surface area (Å²) in [7, 11) is 0. The van der Waals surface area contributed by atoms with Gasteiger partial charge in [0.05, 0.1) is 13.2 Å². The van der Waals surface area contributed by atoms with Gasteiger partial charge in [-0.1, -0.05) is 25.5 Å². The van der Waals surface area contributed by atoms with Gasteiger partial charge < -0.3 is 14.2 Å². The first kappa shape index (κ1) is 25.6. The summed E-state index contributed by atoms with van der Waals surface area (Å²) >= 11 is 0.974. The average Bonchev–Trinajstić information content (AvgIpc) is 3.20. The first-order valence-electron chi connectivity index (χ1n) is 11.9. The van der Waals surface area contributed by atoms with Crippen LogP contribution in [0, 0.1) is 12.7 Å². The Hall–Kier alpha value is -3.52. The molecule has 0 spiro atoms. The number of amides is 2. The third-order valence-corrected chi connectivity index (χ3v) is 6.62. The van der Waals surface area contributed by atoms with Gasteiger partial charge in [0.25, 0.3) is 5.24 Å². The summed E-state index contributed by atoms with van der Waals surface area (Å²) in [6, 6.07) is 17.6. The van der Waals surface area contributed by atoms with E-state index in [1.165, 1.54) is 6.07 Å². The van der Waals surface area contributed by atoms with E-state index in [1.807, 2.05) is 36.4 Å². The van der Waals surface area contributed by atoms with E-state index in [9.17, 15) is 14.0 Å². The molecule has 0 aliphatic carbocycles. The number of thioether (sulfide) groups is 1. The van der Waals surface area contributed by atoms with E-state index in [0.717, 1.165) is 41.5 Å². The molecule has 1 aliphatic heterocycles. The molecule has 1 N–H and O–H groups in total. The van der Waals surface area contributed by atoms with Crippen molar-refractivity contribution in [3.63, 3.8) is 0 Å². The van der Waals surface area contributed by atoms with E-state index in [2.05, 4.69) is 12.2 Å². The minimum absolute atomic E-state index is 0.258. The second-order valence-electron chi connectivity index (χ2n) is 8.43. The van der Waals surface area contributed by atoms with Crippen LogP contribution in [0.15, 0.2) is 60.7 Å². The molecule has 2 amide bonds. The smallest absolute Gasteiger partial charge is 0.286 e. The molecule has 188 valence electrons. The van der Waals surface area contributed by atoms with Gasteiger partial charge in [0.1, 0.15) is 34.1 Å². The van der Waals surface area contributed by atoms with Gasteiger partial charge in [-0.3, -0.25) is 14.9 Å². The maximum atomic E-state index is 13.5. The molecule has 1 aliphatic rings. The van der Waals surface area contributed by atoms with Crippen molar-refractivity contribution in [1.82, 2.24) is 5.32 Å². The minimum Gasteiger partial charge on any atom is -0.493 e. The molecule has 0 saturated carbocycles. The lowest BCUT2D eigenvalue weighted by molar-refractivity contribution is -0.119. The Morgan fingerprint density at radius 3 is 2.47 bits per heavy atom. The summed E-state index contributed by atoms with van der Waals surface area (Å²) in [5.74, 6) is 2.15. The van der Waals surface area contributed by atoms with Gasteiger partial charge in [-0.05, 0) is 90.3 Å². The fourth-order valence-electron chi connectivity index (χ4n) is 3.82. The number of rotatable bonds is 11.